The number of hydrogen-bond donors (Lipinski definition) is 1. The Morgan fingerprint density at radius 1 is 1.09 bits per heavy atom. The molecule has 0 aliphatic heterocycles. The number of carbonyl (C=O) groups is 2. The van der Waals surface area contributed by atoms with E-state index in [0.717, 1.165) is 3.57 Å². The normalized spacial score (nSPS) is 9.86. The van der Waals surface area contributed by atoms with Gasteiger partial charge in [-0.15, -0.1) is 0 Å². The van der Waals surface area contributed by atoms with Crippen molar-refractivity contribution in [2.75, 3.05) is 11.9 Å². The predicted molar refractivity (Wildman–Crippen MR) is 94.0 cm³/mol. The molecule has 0 radical (unpaired) electrons. The summed E-state index contributed by atoms with van der Waals surface area (Å²) in [5, 5.41) is 2.77. The summed E-state index contributed by atoms with van der Waals surface area (Å²) >= 11 is 2.19. The first kappa shape index (κ1) is 16.2. The molecular weight excluding hydrogens is 393 g/mol. The van der Waals surface area contributed by atoms with Gasteiger partial charge in [-0.05, 0) is 59.0 Å². The van der Waals surface area contributed by atoms with E-state index in [4.69, 9.17) is 4.74 Å². The zero-order chi connectivity index (χ0) is 15.9. The molecule has 1 N–H and O–H groups in total. The van der Waals surface area contributed by atoms with E-state index in [-0.39, 0.29) is 23.6 Å². The quantitative estimate of drug-likeness (QED) is 0.465. The van der Waals surface area contributed by atoms with E-state index < -0.39 is 5.97 Å². The SMILES string of the molecule is C=CCOC(=O)c1ccccc1C(=O)Nc1ccc(I)cc1. The van der Waals surface area contributed by atoms with Gasteiger partial charge in [-0.1, -0.05) is 24.8 Å². The summed E-state index contributed by atoms with van der Waals surface area (Å²) in [6.07, 6.45) is 1.48. The van der Waals surface area contributed by atoms with Crippen molar-refractivity contribution in [3.8, 4) is 0 Å². The van der Waals surface area contributed by atoms with Crippen LogP contribution in [0.3, 0.4) is 0 Å². The van der Waals surface area contributed by atoms with E-state index in [1.165, 1.54) is 6.08 Å². The molecule has 2 aromatic rings. The maximum absolute atomic E-state index is 12.4. The first-order valence-electron chi connectivity index (χ1n) is 6.56. The number of esters is 1. The molecule has 0 unspecified atom stereocenters. The lowest BCUT2D eigenvalue weighted by Crippen LogP contribution is -2.17. The van der Waals surface area contributed by atoms with Crippen LogP contribution in [0.5, 0.6) is 0 Å². The smallest absolute Gasteiger partial charge is 0.339 e. The van der Waals surface area contributed by atoms with Crippen LogP contribution in [0.1, 0.15) is 20.7 Å². The summed E-state index contributed by atoms with van der Waals surface area (Å²) in [6, 6.07) is 13.9. The lowest BCUT2D eigenvalue weighted by molar-refractivity contribution is 0.0546. The molecular formula is C17H14INO3. The van der Waals surface area contributed by atoms with Crippen LogP contribution in [0, 0.1) is 3.57 Å². The van der Waals surface area contributed by atoms with Gasteiger partial charge in [-0.3, -0.25) is 4.79 Å². The molecule has 1 amide bonds. The molecule has 0 saturated heterocycles. The minimum atomic E-state index is -0.548. The Kier molecular flexibility index (Phi) is 5.71. The maximum atomic E-state index is 12.4. The third kappa shape index (κ3) is 4.17. The number of nitrogens with one attached hydrogen (secondary N) is 1. The van der Waals surface area contributed by atoms with Crippen molar-refractivity contribution >= 4 is 40.2 Å². The van der Waals surface area contributed by atoms with Crippen LogP contribution in [0.25, 0.3) is 0 Å². The average molecular weight is 407 g/mol. The Labute approximate surface area is 142 Å². The first-order chi connectivity index (χ1) is 10.6. The third-order valence-electron chi connectivity index (χ3n) is 2.83. The topological polar surface area (TPSA) is 55.4 Å². The molecule has 4 nitrogen and oxygen atoms in total. The van der Waals surface area contributed by atoms with Gasteiger partial charge in [0.2, 0.25) is 0 Å². The highest BCUT2D eigenvalue weighted by atomic mass is 127. The fourth-order valence-corrected chi connectivity index (χ4v) is 2.16. The van der Waals surface area contributed by atoms with Crippen molar-refractivity contribution in [1.29, 1.82) is 0 Å². The van der Waals surface area contributed by atoms with Gasteiger partial charge in [0.05, 0.1) is 11.1 Å². The minimum absolute atomic E-state index is 0.103. The molecule has 0 spiro atoms. The number of halogens is 1. The highest BCUT2D eigenvalue weighted by Gasteiger charge is 2.17. The van der Waals surface area contributed by atoms with Crippen molar-refractivity contribution in [2.45, 2.75) is 0 Å². The fourth-order valence-electron chi connectivity index (χ4n) is 1.80. The Hall–Kier alpha value is -2.15. The number of hydrogen-bond acceptors (Lipinski definition) is 3. The maximum Gasteiger partial charge on any atom is 0.339 e. The number of anilines is 1. The second-order valence-corrected chi connectivity index (χ2v) is 5.64. The summed E-state index contributed by atoms with van der Waals surface area (Å²) in [4.78, 5) is 24.3. The fraction of sp³-hybridized carbons (Fsp3) is 0.0588. The molecule has 0 fully saturated rings. The van der Waals surface area contributed by atoms with E-state index in [2.05, 4.69) is 34.5 Å². The van der Waals surface area contributed by atoms with Crippen molar-refractivity contribution in [1.82, 2.24) is 0 Å². The van der Waals surface area contributed by atoms with Gasteiger partial charge < -0.3 is 10.1 Å². The average Bonchev–Trinajstić information content (AvgIpc) is 2.54. The molecule has 5 heteroatoms. The molecule has 2 rings (SSSR count). The Bertz CT molecular complexity index is 695. The molecule has 22 heavy (non-hydrogen) atoms. The molecule has 0 aliphatic rings. The van der Waals surface area contributed by atoms with Crippen molar-refractivity contribution < 1.29 is 14.3 Å². The summed E-state index contributed by atoms with van der Waals surface area (Å²) in [6.45, 7) is 3.59. The van der Waals surface area contributed by atoms with Gasteiger partial charge in [0.15, 0.2) is 0 Å². The number of ether oxygens (including phenoxy) is 1. The third-order valence-corrected chi connectivity index (χ3v) is 3.55. The molecule has 2 aromatic carbocycles. The van der Waals surface area contributed by atoms with Crippen LogP contribution in [0.2, 0.25) is 0 Å². The summed E-state index contributed by atoms with van der Waals surface area (Å²) in [7, 11) is 0. The van der Waals surface area contributed by atoms with Crippen molar-refractivity contribution in [2.24, 2.45) is 0 Å². The second-order valence-electron chi connectivity index (χ2n) is 4.39. The molecule has 0 bridgehead atoms. The van der Waals surface area contributed by atoms with Crippen LogP contribution >= 0.6 is 22.6 Å². The Morgan fingerprint density at radius 3 is 2.36 bits per heavy atom. The molecule has 0 saturated carbocycles. The van der Waals surface area contributed by atoms with Gasteiger partial charge >= 0.3 is 5.97 Å². The minimum Gasteiger partial charge on any atom is -0.458 e. The highest BCUT2D eigenvalue weighted by Crippen LogP contribution is 2.15. The first-order valence-corrected chi connectivity index (χ1v) is 7.63. The number of rotatable bonds is 5. The van der Waals surface area contributed by atoms with Crippen LogP contribution in [-0.2, 0) is 4.74 Å². The highest BCUT2D eigenvalue weighted by molar-refractivity contribution is 14.1. The van der Waals surface area contributed by atoms with Crippen LogP contribution in [0.4, 0.5) is 5.69 Å². The van der Waals surface area contributed by atoms with Crippen LogP contribution in [-0.4, -0.2) is 18.5 Å². The van der Waals surface area contributed by atoms with Gasteiger partial charge in [0.25, 0.3) is 5.91 Å². The standard InChI is InChI=1S/C17H14INO3/c1-2-11-22-17(21)15-6-4-3-5-14(15)16(20)19-13-9-7-12(18)8-10-13/h2-10H,1,11H2,(H,19,20). The van der Waals surface area contributed by atoms with E-state index in [0.29, 0.717) is 5.69 Å². The zero-order valence-corrected chi connectivity index (χ0v) is 13.9. The van der Waals surface area contributed by atoms with E-state index in [1.807, 2.05) is 12.1 Å². The number of amides is 1. The van der Waals surface area contributed by atoms with Gasteiger partial charge in [-0.25, -0.2) is 4.79 Å². The Balaban J connectivity index is 2.20. The van der Waals surface area contributed by atoms with Gasteiger partial charge in [0.1, 0.15) is 6.61 Å². The van der Waals surface area contributed by atoms with Crippen molar-refractivity contribution in [3.05, 3.63) is 75.9 Å². The Morgan fingerprint density at radius 2 is 1.73 bits per heavy atom. The largest absolute Gasteiger partial charge is 0.458 e. The predicted octanol–water partition coefficient (Wildman–Crippen LogP) is 3.89. The molecule has 0 heterocycles. The van der Waals surface area contributed by atoms with E-state index in [1.54, 1.807) is 36.4 Å². The van der Waals surface area contributed by atoms with Crippen molar-refractivity contribution in [3.63, 3.8) is 0 Å². The molecule has 0 aliphatic carbocycles. The van der Waals surface area contributed by atoms with Crippen LogP contribution < -0.4 is 5.32 Å². The van der Waals surface area contributed by atoms with E-state index in [9.17, 15) is 9.59 Å². The lowest BCUT2D eigenvalue weighted by atomic mass is 10.1. The molecule has 0 atom stereocenters. The van der Waals surface area contributed by atoms with Gasteiger partial charge in [-0.2, -0.15) is 0 Å². The van der Waals surface area contributed by atoms with Gasteiger partial charge in [0, 0.05) is 9.26 Å². The van der Waals surface area contributed by atoms with Crippen LogP contribution in [0.15, 0.2) is 61.2 Å². The molecule has 112 valence electrons. The monoisotopic (exact) mass is 407 g/mol. The second kappa shape index (κ2) is 7.74. The lowest BCUT2D eigenvalue weighted by Gasteiger charge is -2.09. The number of benzene rings is 2. The zero-order valence-electron chi connectivity index (χ0n) is 11.7. The van der Waals surface area contributed by atoms with E-state index >= 15 is 0 Å². The summed E-state index contributed by atoms with van der Waals surface area (Å²) in [5.74, 6) is -0.902. The number of carbonyl (C=O) groups excluding carboxylic acids is 2. The summed E-state index contributed by atoms with van der Waals surface area (Å²) < 4.78 is 6.07. The summed E-state index contributed by atoms with van der Waals surface area (Å²) in [5.41, 5.74) is 1.17. The molecule has 0 aromatic heterocycles.